The molecule has 0 spiro atoms. The van der Waals surface area contributed by atoms with Gasteiger partial charge in [-0.25, -0.2) is 13.2 Å². The van der Waals surface area contributed by atoms with Gasteiger partial charge >= 0.3 is 6.03 Å². The molecule has 0 saturated heterocycles. The van der Waals surface area contributed by atoms with Gasteiger partial charge < -0.3 is 10.6 Å². The van der Waals surface area contributed by atoms with E-state index >= 15 is 0 Å². The number of rotatable bonds is 7. The molecule has 0 aromatic heterocycles. The number of halogens is 1. The van der Waals surface area contributed by atoms with Crippen LogP contribution in [0.3, 0.4) is 0 Å². The van der Waals surface area contributed by atoms with Crippen molar-refractivity contribution >= 4 is 31.8 Å². The molecule has 2 amide bonds. The Hall–Kier alpha value is -1.08. The maximum atomic E-state index is 11.9. The van der Waals surface area contributed by atoms with Gasteiger partial charge in [-0.3, -0.25) is 0 Å². The van der Waals surface area contributed by atoms with Gasteiger partial charge in [0, 0.05) is 17.6 Å². The minimum atomic E-state index is -3.21. The van der Waals surface area contributed by atoms with Crippen molar-refractivity contribution in [1.29, 1.82) is 0 Å². The zero-order valence-corrected chi connectivity index (χ0v) is 16.3. The van der Waals surface area contributed by atoms with E-state index < -0.39 is 14.6 Å². The van der Waals surface area contributed by atoms with Crippen LogP contribution in [0.4, 0.5) is 4.79 Å². The van der Waals surface area contributed by atoms with E-state index in [1.807, 2.05) is 18.2 Å². The predicted octanol–water partition coefficient (Wildman–Crippen LogP) is 2.89. The van der Waals surface area contributed by atoms with E-state index in [1.165, 1.54) is 5.56 Å². The Labute approximate surface area is 147 Å². The minimum absolute atomic E-state index is 0.0536. The van der Waals surface area contributed by atoms with Crippen LogP contribution in [0, 0.1) is 0 Å². The molecule has 0 fully saturated rings. The number of amides is 2. The highest BCUT2D eigenvalue weighted by molar-refractivity contribution is 9.10. The smallest absolute Gasteiger partial charge is 0.314 e. The molecule has 1 aromatic rings. The molecular formula is C16H25BrN2O3S. The Morgan fingerprint density at radius 3 is 2.43 bits per heavy atom. The van der Waals surface area contributed by atoms with Crippen LogP contribution in [0.2, 0.25) is 0 Å². The summed E-state index contributed by atoms with van der Waals surface area (Å²) in [6.07, 6.45) is 1.70. The third kappa shape index (κ3) is 7.35. The maximum absolute atomic E-state index is 11.9. The van der Waals surface area contributed by atoms with E-state index in [4.69, 9.17) is 0 Å². The first-order valence-electron chi connectivity index (χ1n) is 7.60. The van der Waals surface area contributed by atoms with Crippen molar-refractivity contribution in [2.24, 2.45) is 0 Å². The summed E-state index contributed by atoms with van der Waals surface area (Å²) in [5, 5.41) is 5.32. The number of hydrogen-bond acceptors (Lipinski definition) is 3. The lowest BCUT2D eigenvalue weighted by atomic mass is 10.1. The first kappa shape index (κ1) is 20.0. The van der Waals surface area contributed by atoms with E-state index in [2.05, 4.69) is 32.6 Å². The number of nitrogens with one attached hydrogen (secondary N) is 2. The Kier molecular flexibility index (Phi) is 7.54. The van der Waals surface area contributed by atoms with Gasteiger partial charge in [0.1, 0.15) is 0 Å². The molecule has 0 saturated carbocycles. The third-order valence-corrected chi connectivity index (χ3v) is 6.51. The summed E-state index contributed by atoms with van der Waals surface area (Å²) in [6, 6.07) is 7.72. The average molecular weight is 405 g/mol. The van der Waals surface area contributed by atoms with E-state index in [0.29, 0.717) is 6.54 Å². The first-order chi connectivity index (χ1) is 10.6. The molecule has 0 radical (unpaired) electrons. The van der Waals surface area contributed by atoms with Gasteiger partial charge in [0.2, 0.25) is 0 Å². The number of benzene rings is 1. The molecule has 0 heterocycles. The summed E-state index contributed by atoms with van der Waals surface area (Å²) < 4.78 is 24.1. The van der Waals surface area contributed by atoms with E-state index in [0.717, 1.165) is 17.3 Å². The molecule has 5 nitrogen and oxygen atoms in total. The molecule has 0 unspecified atom stereocenters. The SMILES string of the molecule is CC(C)(C)S(=O)(=O)CCNC(=O)NCCCc1cccc(Br)c1. The number of urea groups is 1. The molecule has 0 atom stereocenters. The molecule has 1 aromatic carbocycles. The van der Waals surface area contributed by atoms with Crippen molar-refractivity contribution in [3.05, 3.63) is 34.3 Å². The Morgan fingerprint density at radius 2 is 1.83 bits per heavy atom. The summed E-state index contributed by atoms with van der Waals surface area (Å²) in [4.78, 5) is 11.6. The fraction of sp³-hybridized carbons (Fsp3) is 0.562. The molecule has 23 heavy (non-hydrogen) atoms. The molecule has 7 heteroatoms. The third-order valence-electron chi connectivity index (χ3n) is 3.41. The van der Waals surface area contributed by atoms with Crippen LogP contribution < -0.4 is 10.6 Å². The van der Waals surface area contributed by atoms with Crippen molar-refractivity contribution in [1.82, 2.24) is 10.6 Å². The summed E-state index contributed by atoms with van der Waals surface area (Å²) in [6.45, 7) is 5.64. The van der Waals surface area contributed by atoms with Crippen molar-refractivity contribution in [2.75, 3.05) is 18.8 Å². The fourth-order valence-corrected chi connectivity index (χ4v) is 3.28. The van der Waals surface area contributed by atoms with Gasteiger partial charge in [0.15, 0.2) is 9.84 Å². The minimum Gasteiger partial charge on any atom is -0.338 e. The monoisotopic (exact) mass is 404 g/mol. The highest BCUT2D eigenvalue weighted by Gasteiger charge is 2.28. The molecule has 0 aliphatic carbocycles. The van der Waals surface area contributed by atoms with Crippen LogP contribution >= 0.6 is 15.9 Å². The summed E-state index contributed by atoms with van der Waals surface area (Å²) in [5.74, 6) is -0.0536. The second kappa shape index (κ2) is 8.68. The van der Waals surface area contributed by atoms with Crippen molar-refractivity contribution in [2.45, 2.75) is 38.4 Å². The normalized spacial score (nSPS) is 12.0. The van der Waals surface area contributed by atoms with Gasteiger partial charge in [0.05, 0.1) is 10.5 Å². The van der Waals surface area contributed by atoms with Gasteiger partial charge in [-0.05, 0) is 51.3 Å². The molecule has 0 bridgehead atoms. The Balaban J connectivity index is 2.20. The van der Waals surface area contributed by atoms with Crippen molar-refractivity contribution in [3.63, 3.8) is 0 Å². The van der Waals surface area contributed by atoms with Crippen LogP contribution in [-0.4, -0.2) is 38.0 Å². The summed E-state index contributed by atoms with van der Waals surface area (Å²) in [7, 11) is -3.21. The van der Waals surface area contributed by atoms with Crippen LogP contribution in [0.5, 0.6) is 0 Å². The molecule has 2 N–H and O–H groups in total. The predicted molar refractivity (Wildman–Crippen MR) is 97.4 cm³/mol. The van der Waals surface area contributed by atoms with Crippen LogP contribution in [0.15, 0.2) is 28.7 Å². The van der Waals surface area contributed by atoms with Crippen LogP contribution in [0.1, 0.15) is 32.8 Å². The Bertz CT molecular complexity index is 624. The van der Waals surface area contributed by atoms with E-state index in [-0.39, 0.29) is 18.3 Å². The highest BCUT2D eigenvalue weighted by atomic mass is 79.9. The topological polar surface area (TPSA) is 75.3 Å². The number of sulfone groups is 1. The average Bonchev–Trinajstić information content (AvgIpc) is 2.42. The quantitative estimate of drug-likeness (QED) is 0.685. The number of carbonyl (C=O) groups is 1. The van der Waals surface area contributed by atoms with E-state index in [1.54, 1.807) is 20.8 Å². The van der Waals surface area contributed by atoms with Crippen LogP contribution in [0.25, 0.3) is 0 Å². The van der Waals surface area contributed by atoms with Crippen LogP contribution in [-0.2, 0) is 16.3 Å². The van der Waals surface area contributed by atoms with Gasteiger partial charge in [-0.15, -0.1) is 0 Å². The summed E-state index contributed by atoms with van der Waals surface area (Å²) >= 11 is 3.42. The molecule has 0 aliphatic heterocycles. The first-order valence-corrected chi connectivity index (χ1v) is 10.0. The van der Waals surface area contributed by atoms with E-state index in [9.17, 15) is 13.2 Å². The lowest BCUT2D eigenvalue weighted by molar-refractivity contribution is 0.241. The standard InChI is InChI=1S/C16H25BrN2O3S/c1-16(2,3)23(21,22)11-10-19-15(20)18-9-5-7-13-6-4-8-14(17)12-13/h4,6,8,12H,5,7,9-11H2,1-3H3,(H2,18,19,20). The highest BCUT2D eigenvalue weighted by Crippen LogP contribution is 2.15. The Morgan fingerprint density at radius 1 is 1.17 bits per heavy atom. The zero-order chi connectivity index (χ0) is 17.5. The molecule has 0 aliphatic rings. The lowest BCUT2D eigenvalue weighted by Gasteiger charge is -2.19. The fourth-order valence-electron chi connectivity index (χ4n) is 1.85. The zero-order valence-electron chi connectivity index (χ0n) is 13.9. The molecular weight excluding hydrogens is 380 g/mol. The second-order valence-corrected chi connectivity index (χ2v) is 10.1. The number of aryl methyl sites for hydroxylation is 1. The second-order valence-electron chi connectivity index (χ2n) is 6.35. The number of carbonyl (C=O) groups excluding carboxylic acids is 1. The lowest BCUT2D eigenvalue weighted by Crippen LogP contribution is -2.41. The van der Waals surface area contributed by atoms with Gasteiger partial charge in [0.25, 0.3) is 0 Å². The number of hydrogen-bond donors (Lipinski definition) is 2. The maximum Gasteiger partial charge on any atom is 0.314 e. The summed E-state index contributed by atoms with van der Waals surface area (Å²) in [5.41, 5.74) is 1.21. The van der Waals surface area contributed by atoms with Crippen molar-refractivity contribution < 1.29 is 13.2 Å². The largest absolute Gasteiger partial charge is 0.338 e. The van der Waals surface area contributed by atoms with Gasteiger partial charge in [-0.1, -0.05) is 28.1 Å². The molecule has 130 valence electrons. The van der Waals surface area contributed by atoms with Crippen molar-refractivity contribution in [3.8, 4) is 0 Å². The van der Waals surface area contributed by atoms with Gasteiger partial charge in [-0.2, -0.15) is 0 Å². The molecule has 1 rings (SSSR count).